The Labute approximate surface area is 322 Å². The maximum Gasteiger partial charge on any atom is 0.200 e. The molecular formula is C50H36N2O4. The number of nitrogens with zero attached hydrogens (tertiary/aromatic N) is 2. The largest absolute Gasteiger partial charge is 0.456 e. The summed E-state index contributed by atoms with van der Waals surface area (Å²) in [5.41, 5.74) is 12.0. The van der Waals surface area contributed by atoms with Crippen LogP contribution in [0, 0.1) is 0 Å². The summed E-state index contributed by atoms with van der Waals surface area (Å²) in [5, 5.41) is 2.20. The third-order valence-electron chi connectivity index (χ3n) is 12.2. The molecule has 2 aliphatic rings. The van der Waals surface area contributed by atoms with E-state index in [1.807, 2.05) is 72.8 Å². The molecule has 7 aromatic carbocycles. The van der Waals surface area contributed by atoms with Gasteiger partial charge in [0.25, 0.3) is 0 Å². The van der Waals surface area contributed by atoms with E-state index in [0.29, 0.717) is 43.9 Å². The third-order valence-corrected chi connectivity index (χ3v) is 12.2. The Kier molecular flexibility index (Phi) is 6.56. The lowest BCUT2D eigenvalue weighted by atomic mass is 9.69. The molecule has 9 aromatic rings. The molecule has 0 bridgehead atoms. The molecule has 11 rings (SSSR count). The van der Waals surface area contributed by atoms with E-state index < -0.39 is 0 Å². The quantitative estimate of drug-likeness (QED) is 0.165. The highest BCUT2D eigenvalue weighted by Gasteiger charge is 2.43. The van der Waals surface area contributed by atoms with Crippen molar-refractivity contribution in [2.45, 2.75) is 38.5 Å². The Hall–Kier alpha value is -6.92. The molecule has 0 N–H and O–H groups in total. The van der Waals surface area contributed by atoms with Crippen LogP contribution in [0.5, 0.6) is 0 Å². The molecule has 0 amide bonds. The van der Waals surface area contributed by atoms with Crippen molar-refractivity contribution in [1.29, 1.82) is 0 Å². The van der Waals surface area contributed by atoms with E-state index in [4.69, 9.17) is 8.83 Å². The van der Waals surface area contributed by atoms with Gasteiger partial charge in [-0.15, -0.1) is 0 Å². The highest BCUT2D eigenvalue weighted by Crippen LogP contribution is 2.58. The summed E-state index contributed by atoms with van der Waals surface area (Å²) in [6.07, 6.45) is 0. The summed E-state index contributed by atoms with van der Waals surface area (Å²) < 4.78 is 12.5. The highest BCUT2D eigenvalue weighted by atomic mass is 16.3. The second kappa shape index (κ2) is 11.3. The summed E-state index contributed by atoms with van der Waals surface area (Å²) in [6, 6.07) is 48.5. The summed E-state index contributed by atoms with van der Waals surface area (Å²) >= 11 is 0. The summed E-state index contributed by atoms with van der Waals surface area (Å²) in [5.74, 6) is 0. The number of hydrogen-bond donors (Lipinski definition) is 0. The first-order valence-corrected chi connectivity index (χ1v) is 19.0. The van der Waals surface area contributed by atoms with Crippen LogP contribution in [0.1, 0.15) is 49.9 Å². The Morgan fingerprint density at radius 1 is 0.375 bits per heavy atom. The molecule has 0 unspecified atom stereocenters. The van der Waals surface area contributed by atoms with Gasteiger partial charge in [0.05, 0.1) is 44.3 Å². The van der Waals surface area contributed by atoms with Gasteiger partial charge < -0.3 is 18.6 Å². The Morgan fingerprint density at radius 3 is 1.20 bits per heavy atom. The number of anilines is 6. The van der Waals surface area contributed by atoms with Gasteiger partial charge in [-0.1, -0.05) is 88.4 Å². The zero-order valence-corrected chi connectivity index (χ0v) is 31.4. The second-order valence-electron chi connectivity index (χ2n) is 16.1. The first-order chi connectivity index (χ1) is 27.1. The van der Waals surface area contributed by atoms with Crippen LogP contribution in [0.15, 0.2) is 164 Å². The topological polar surface area (TPSA) is 66.9 Å². The van der Waals surface area contributed by atoms with Gasteiger partial charge in [-0.2, -0.15) is 0 Å². The maximum atomic E-state index is 13.9. The minimum absolute atomic E-state index is 0.0502. The van der Waals surface area contributed by atoms with Crippen molar-refractivity contribution in [3.63, 3.8) is 0 Å². The lowest BCUT2D eigenvalue weighted by molar-refractivity contribution is 0.615. The third kappa shape index (κ3) is 4.38. The van der Waals surface area contributed by atoms with Gasteiger partial charge in [0, 0.05) is 22.2 Å². The van der Waals surface area contributed by atoms with Gasteiger partial charge in [0.1, 0.15) is 22.3 Å². The maximum absolute atomic E-state index is 13.9. The molecule has 0 saturated carbocycles. The van der Waals surface area contributed by atoms with Crippen LogP contribution in [-0.4, -0.2) is 0 Å². The van der Waals surface area contributed by atoms with Crippen molar-refractivity contribution in [2.24, 2.45) is 0 Å². The van der Waals surface area contributed by atoms with Crippen molar-refractivity contribution in [1.82, 2.24) is 0 Å². The molecule has 0 atom stereocenters. The minimum Gasteiger partial charge on any atom is -0.456 e. The van der Waals surface area contributed by atoms with Crippen LogP contribution in [0.4, 0.5) is 34.1 Å². The molecule has 0 saturated heterocycles. The average molecular weight is 729 g/mol. The van der Waals surface area contributed by atoms with E-state index in [-0.39, 0.29) is 21.7 Å². The molecule has 2 aromatic heterocycles. The summed E-state index contributed by atoms with van der Waals surface area (Å²) in [6.45, 7) is 9.14. The van der Waals surface area contributed by atoms with Gasteiger partial charge >= 0.3 is 0 Å². The van der Waals surface area contributed by atoms with Crippen LogP contribution in [-0.2, 0) is 10.8 Å². The molecule has 4 heterocycles. The van der Waals surface area contributed by atoms with Crippen molar-refractivity contribution in [3.05, 3.63) is 188 Å². The molecule has 6 nitrogen and oxygen atoms in total. The van der Waals surface area contributed by atoms with Gasteiger partial charge in [0.15, 0.2) is 0 Å². The lowest BCUT2D eigenvalue weighted by Crippen LogP contribution is -2.35. The number of para-hydroxylation sites is 4. The van der Waals surface area contributed by atoms with E-state index in [0.717, 1.165) is 45.3 Å². The van der Waals surface area contributed by atoms with Crippen molar-refractivity contribution >= 4 is 78.0 Å². The smallest absolute Gasteiger partial charge is 0.200 e. The van der Waals surface area contributed by atoms with Crippen LogP contribution < -0.4 is 20.7 Å². The van der Waals surface area contributed by atoms with Gasteiger partial charge in [-0.25, -0.2) is 0 Å². The van der Waals surface area contributed by atoms with Crippen molar-refractivity contribution < 1.29 is 8.83 Å². The molecule has 2 aliphatic heterocycles. The van der Waals surface area contributed by atoms with E-state index >= 15 is 0 Å². The fourth-order valence-electron chi connectivity index (χ4n) is 9.31. The lowest BCUT2D eigenvalue weighted by Gasteiger charge is -2.47. The number of rotatable bonds is 2. The molecule has 0 radical (unpaired) electrons. The monoisotopic (exact) mass is 728 g/mol. The Bertz CT molecular complexity index is 3060. The standard InChI is InChI=1S/C50H36N2O4/c1-49(2)35-15-7-9-17-39(35)51(29-21-23-45-33(25-29)47(53)31-13-5-11-19-43(31)55-45)41-28-38-42(27-37(41)49)52(40-18-10-8-16-36(40)50(38,3)4)30-22-24-46-34(26-30)48(54)32-14-6-12-20-44(32)56-46/h5-28H,1-4H3. The van der Waals surface area contributed by atoms with E-state index in [1.165, 1.54) is 11.1 Å². The number of benzene rings is 7. The normalized spacial score (nSPS) is 15.1. The van der Waals surface area contributed by atoms with E-state index in [2.05, 4.69) is 110 Å². The predicted molar refractivity (Wildman–Crippen MR) is 227 cm³/mol. The SMILES string of the molecule is CC1(C)c2ccccc2N(c2ccc3oc4ccccc4c(=O)c3c2)c2cc3c(cc21)N(c1ccc2oc4ccccc4c(=O)c2c1)c1ccccc1C3(C)C. The molecule has 270 valence electrons. The minimum atomic E-state index is -0.389. The number of hydrogen-bond acceptors (Lipinski definition) is 6. The van der Waals surface area contributed by atoms with Gasteiger partial charge in [-0.3, -0.25) is 9.59 Å². The highest BCUT2D eigenvalue weighted by molar-refractivity contribution is 5.98. The Balaban J connectivity index is 1.18. The van der Waals surface area contributed by atoms with Crippen LogP contribution in [0.3, 0.4) is 0 Å². The van der Waals surface area contributed by atoms with Crippen molar-refractivity contribution in [3.8, 4) is 0 Å². The number of fused-ring (bicyclic) bond motifs is 8. The zero-order chi connectivity index (χ0) is 38.1. The first-order valence-electron chi connectivity index (χ1n) is 19.0. The molecule has 6 heteroatoms. The molecule has 56 heavy (non-hydrogen) atoms. The van der Waals surface area contributed by atoms with Crippen LogP contribution in [0.2, 0.25) is 0 Å². The molecular weight excluding hydrogens is 693 g/mol. The predicted octanol–water partition coefficient (Wildman–Crippen LogP) is 12.4. The van der Waals surface area contributed by atoms with E-state index in [1.54, 1.807) is 0 Å². The van der Waals surface area contributed by atoms with Crippen molar-refractivity contribution in [2.75, 3.05) is 9.80 Å². The van der Waals surface area contributed by atoms with Crippen LogP contribution >= 0.6 is 0 Å². The first kappa shape index (κ1) is 32.5. The fraction of sp³-hybridized carbons (Fsp3) is 0.120. The molecule has 0 fully saturated rings. The fourth-order valence-corrected chi connectivity index (χ4v) is 9.31. The average Bonchev–Trinajstić information content (AvgIpc) is 3.21. The Morgan fingerprint density at radius 2 is 0.750 bits per heavy atom. The van der Waals surface area contributed by atoms with Gasteiger partial charge in [0.2, 0.25) is 10.9 Å². The molecule has 0 aliphatic carbocycles. The zero-order valence-electron chi connectivity index (χ0n) is 31.4. The van der Waals surface area contributed by atoms with Gasteiger partial charge in [-0.05, 0) is 107 Å². The molecule has 0 spiro atoms. The summed E-state index contributed by atoms with van der Waals surface area (Å²) in [4.78, 5) is 32.5. The summed E-state index contributed by atoms with van der Waals surface area (Å²) in [7, 11) is 0. The second-order valence-corrected chi connectivity index (χ2v) is 16.1. The van der Waals surface area contributed by atoms with E-state index in [9.17, 15) is 9.59 Å². The van der Waals surface area contributed by atoms with Crippen LogP contribution in [0.25, 0.3) is 43.9 Å².